The molecule has 0 bridgehead atoms. The highest BCUT2D eigenvalue weighted by Crippen LogP contribution is 2.36. The van der Waals surface area contributed by atoms with Gasteiger partial charge in [0, 0.05) is 6.07 Å². The first-order valence-electron chi connectivity index (χ1n) is 6.39. The van der Waals surface area contributed by atoms with Crippen molar-refractivity contribution in [1.29, 1.82) is 0 Å². The highest BCUT2D eigenvalue weighted by Gasteiger charge is 2.26. The number of methoxy groups -OCH3 is 1. The summed E-state index contributed by atoms with van der Waals surface area (Å²) in [6.07, 6.45) is 4.18. The molecule has 1 heterocycles. The summed E-state index contributed by atoms with van der Waals surface area (Å²) in [6, 6.07) is 5.57. The van der Waals surface area contributed by atoms with Crippen LogP contribution in [0.5, 0.6) is 5.88 Å². The second-order valence-electron chi connectivity index (χ2n) is 5.07. The van der Waals surface area contributed by atoms with E-state index >= 15 is 0 Å². The normalized spacial score (nSPS) is 26.5. The lowest BCUT2D eigenvalue weighted by Gasteiger charge is -2.29. The fraction of sp³-hybridized carbons (Fsp3) is 0.643. The monoisotopic (exact) mass is 235 g/mol. The molecule has 2 rings (SSSR count). The Morgan fingerprint density at radius 1 is 1.29 bits per heavy atom. The zero-order valence-electron chi connectivity index (χ0n) is 10.6. The molecule has 3 heteroatoms. The first kappa shape index (κ1) is 12.4. The average Bonchev–Trinajstić information content (AvgIpc) is 2.39. The molecule has 0 amide bonds. The molecule has 1 aliphatic carbocycles. The summed E-state index contributed by atoms with van der Waals surface area (Å²) in [5.74, 6) is 1.73. The highest BCUT2D eigenvalue weighted by molar-refractivity contribution is 5.17. The zero-order valence-corrected chi connectivity index (χ0v) is 10.6. The second kappa shape index (κ2) is 5.50. The molecule has 0 radical (unpaired) electrons. The summed E-state index contributed by atoms with van der Waals surface area (Å²) in [4.78, 5) is 4.31. The van der Waals surface area contributed by atoms with Gasteiger partial charge in [0.1, 0.15) is 0 Å². The maximum absolute atomic E-state index is 10.3. The van der Waals surface area contributed by atoms with Gasteiger partial charge in [-0.05, 0) is 30.7 Å². The Balaban J connectivity index is 2.05. The van der Waals surface area contributed by atoms with Gasteiger partial charge in [-0.25, -0.2) is 4.98 Å². The van der Waals surface area contributed by atoms with E-state index in [1.54, 1.807) is 13.2 Å². The third-order valence-corrected chi connectivity index (χ3v) is 3.76. The third kappa shape index (κ3) is 2.97. The van der Waals surface area contributed by atoms with Crippen molar-refractivity contribution in [1.82, 2.24) is 4.98 Å². The Morgan fingerprint density at radius 2 is 2.00 bits per heavy atom. The summed E-state index contributed by atoms with van der Waals surface area (Å²) in [5.41, 5.74) is 0.740. The van der Waals surface area contributed by atoms with E-state index in [1.165, 1.54) is 12.8 Å². The van der Waals surface area contributed by atoms with Gasteiger partial charge in [-0.1, -0.05) is 25.8 Å². The summed E-state index contributed by atoms with van der Waals surface area (Å²) in [5, 5.41) is 10.3. The molecule has 0 aromatic carbocycles. The minimum absolute atomic E-state index is 0.353. The molecule has 1 N–H and O–H groups in total. The van der Waals surface area contributed by atoms with E-state index in [0.717, 1.165) is 24.5 Å². The molecule has 0 spiro atoms. The second-order valence-corrected chi connectivity index (χ2v) is 5.07. The van der Waals surface area contributed by atoms with E-state index < -0.39 is 6.10 Å². The number of hydrogen-bond acceptors (Lipinski definition) is 3. The molecule has 0 saturated heterocycles. The molecule has 3 nitrogen and oxygen atoms in total. The van der Waals surface area contributed by atoms with Crippen molar-refractivity contribution in [3.63, 3.8) is 0 Å². The maximum Gasteiger partial charge on any atom is 0.213 e. The quantitative estimate of drug-likeness (QED) is 0.875. The Kier molecular flexibility index (Phi) is 4.00. The van der Waals surface area contributed by atoms with Crippen molar-refractivity contribution >= 4 is 0 Å². The highest BCUT2D eigenvalue weighted by atomic mass is 16.5. The minimum atomic E-state index is -0.447. The SMILES string of the molecule is COc1cccc(C(O)C2CCC(C)CC2)n1. The van der Waals surface area contributed by atoms with Crippen LogP contribution in [0.25, 0.3) is 0 Å². The lowest BCUT2D eigenvalue weighted by Crippen LogP contribution is -2.20. The fourth-order valence-corrected chi connectivity index (χ4v) is 2.55. The van der Waals surface area contributed by atoms with Crippen molar-refractivity contribution in [3.05, 3.63) is 23.9 Å². The molecule has 0 aliphatic heterocycles. The number of aromatic nitrogens is 1. The van der Waals surface area contributed by atoms with Gasteiger partial charge in [0.05, 0.1) is 18.9 Å². The predicted molar refractivity (Wildman–Crippen MR) is 66.9 cm³/mol. The van der Waals surface area contributed by atoms with Crippen LogP contribution in [0.2, 0.25) is 0 Å². The number of pyridine rings is 1. The maximum atomic E-state index is 10.3. The van der Waals surface area contributed by atoms with Crippen molar-refractivity contribution in [2.45, 2.75) is 38.7 Å². The molecular formula is C14H21NO2. The minimum Gasteiger partial charge on any atom is -0.481 e. The smallest absolute Gasteiger partial charge is 0.213 e. The predicted octanol–water partition coefficient (Wildman–Crippen LogP) is 2.95. The van der Waals surface area contributed by atoms with Gasteiger partial charge < -0.3 is 9.84 Å². The molecule has 17 heavy (non-hydrogen) atoms. The van der Waals surface area contributed by atoms with Crippen LogP contribution in [0.3, 0.4) is 0 Å². The summed E-state index contributed by atoms with van der Waals surface area (Å²) >= 11 is 0. The van der Waals surface area contributed by atoms with E-state index in [4.69, 9.17) is 4.74 Å². The van der Waals surface area contributed by atoms with Gasteiger partial charge in [-0.15, -0.1) is 0 Å². The Bertz CT molecular complexity index is 359. The van der Waals surface area contributed by atoms with Crippen LogP contribution >= 0.6 is 0 Å². The van der Waals surface area contributed by atoms with Crippen molar-refractivity contribution in [3.8, 4) is 5.88 Å². The van der Waals surface area contributed by atoms with Gasteiger partial charge in [-0.2, -0.15) is 0 Å². The first-order chi connectivity index (χ1) is 8.20. The van der Waals surface area contributed by atoms with E-state index in [2.05, 4.69) is 11.9 Å². The van der Waals surface area contributed by atoms with Gasteiger partial charge in [0.25, 0.3) is 0 Å². The van der Waals surface area contributed by atoms with Crippen LogP contribution in [0.15, 0.2) is 18.2 Å². The topological polar surface area (TPSA) is 42.4 Å². The zero-order chi connectivity index (χ0) is 12.3. The number of hydrogen-bond donors (Lipinski definition) is 1. The third-order valence-electron chi connectivity index (χ3n) is 3.76. The van der Waals surface area contributed by atoms with Gasteiger partial charge in [0.2, 0.25) is 5.88 Å². The van der Waals surface area contributed by atoms with Gasteiger partial charge in [-0.3, -0.25) is 0 Å². The molecule has 1 aromatic heterocycles. The average molecular weight is 235 g/mol. The van der Waals surface area contributed by atoms with Crippen molar-refractivity contribution in [2.75, 3.05) is 7.11 Å². The molecule has 1 aliphatic rings. The van der Waals surface area contributed by atoms with Crippen LogP contribution in [-0.4, -0.2) is 17.2 Å². The Morgan fingerprint density at radius 3 is 2.65 bits per heavy atom. The lowest BCUT2D eigenvalue weighted by molar-refractivity contribution is 0.0716. The molecular weight excluding hydrogens is 214 g/mol. The van der Waals surface area contributed by atoms with E-state index in [1.807, 2.05) is 12.1 Å². The standard InChI is InChI=1S/C14H21NO2/c1-10-6-8-11(9-7-10)14(16)12-4-3-5-13(15-12)17-2/h3-5,10-11,14,16H,6-9H2,1-2H3. The number of aliphatic hydroxyl groups excluding tert-OH is 1. The number of aliphatic hydroxyl groups is 1. The van der Waals surface area contributed by atoms with Gasteiger partial charge in [0.15, 0.2) is 0 Å². The van der Waals surface area contributed by atoms with E-state index in [0.29, 0.717) is 11.8 Å². The Hall–Kier alpha value is -1.09. The fourth-order valence-electron chi connectivity index (χ4n) is 2.55. The Labute approximate surface area is 103 Å². The summed E-state index contributed by atoms with van der Waals surface area (Å²) < 4.78 is 5.09. The van der Waals surface area contributed by atoms with E-state index in [9.17, 15) is 5.11 Å². The molecule has 1 saturated carbocycles. The van der Waals surface area contributed by atoms with Crippen molar-refractivity contribution < 1.29 is 9.84 Å². The van der Waals surface area contributed by atoms with Crippen LogP contribution in [0.1, 0.15) is 44.4 Å². The molecule has 1 aromatic rings. The van der Waals surface area contributed by atoms with Crippen molar-refractivity contribution in [2.24, 2.45) is 11.8 Å². The van der Waals surface area contributed by atoms with Gasteiger partial charge >= 0.3 is 0 Å². The number of ether oxygens (including phenoxy) is 1. The number of nitrogens with zero attached hydrogens (tertiary/aromatic N) is 1. The van der Waals surface area contributed by atoms with Crippen LogP contribution < -0.4 is 4.74 Å². The summed E-state index contributed by atoms with van der Waals surface area (Å²) in [7, 11) is 1.60. The summed E-state index contributed by atoms with van der Waals surface area (Å²) in [6.45, 7) is 2.28. The molecule has 1 fully saturated rings. The van der Waals surface area contributed by atoms with Crippen LogP contribution in [0.4, 0.5) is 0 Å². The lowest BCUT2D eigenvalue weighted by atomic mass is 9.79. The number of rotatable bonds is 3. The molecule has 1 unspecified atom stereocenters. The van der Waals surface area contributed by atoms with Crippen LogP contribution in [-0.2, 0) is 0 Å². The van der Waals surface area contributed by atoms with Crippen LogP contribution in [0, 0.1) is 11.8 Å². The largest absolute Gasteiger partial charge is 0.481 e. The molecule has 94 valence electrons. The first-order valence-corrected chi connectivity index (χ1v) is 6.39. The van der Waals surface area contributed by atoms with E-state index in [-0.39, 0.29) is 0 Å². The molecule has 1 atom stereocenters.